The molecule has 120 valence electrons. The van der Waals surface area contributed by atoms with Crippen molar-refractivity contribution in [2.75, 3.05) is 20.2 Å². The van der Waals surface area contributed by atoms with Crippen molar-refractivity contribution in [2.24, 2.45) is 5.92 Å². The summed E-state index contributed by atoms with van der Waals surface area (Å²) in [4.78, 5) is 16.1. The van der Waals surface area contributed by atoms with Gasteiger partial charge in [0.2, 0.25) is 11.7 Å². The molecule has 2 aliphatic rings. The molecule has 1 aromatic carbocycles. The molecule has 0 spiro atoms. The molecule has 2 aromatic rings. The lowest BCUT2D eigenvalue weighted by Gasteiger charge is -2.22. The van der Waals surface area contributed by atoms with Gasteiger partial charge >= 0.3 is 5.97 Å². The lowest BCUT2D eigenvalue weighted by molar-refractivity contribution is 0.0601. The van der Waals surface area contributed by atoms with Gasteiger partial charge in [-0.2, -0.15) is 4.98 Å². The van der Waals surface area contributed by atoms with Crippen LogP contribution in [0.2, 0.25) is 0 Å². The van der Waals surface area contributed by atoms with Crippen LogP contribution in [-0.4, -0.2) is 36.3 Å². The van der Waals surface area contributed by atoms with Crippen LogP contribution in [0.3, 0.4) is 0 Å². The molecule has 1 saturated heterocycles. The number of esters is 1. The third kappa shape index (κ3) is 2.25. The van der Waals surface area contributed by atoms with Gasteiger partial charge in [0.05, 0.1) is 18.1 Å². The van der Waals surface area contributed by atoms with Crippen LogP contribution < -0.4 is 5.32 Å². The Morgan fingerprint density at radius 1 is 1.39 bits per heavy atom. The SMILES string of the molecule is COC(=O)c1ccc(-c2noc([C@@]34CCC[C@@H]3CNC4)n2)cc1. The molecule has 1 aromatic heterocycles. The number of nitrogens with one attached hydrogen (secondary N) is 1. The molecule has 2 heterocycles. The number of benzene rings is 1. The summed E-state index contributed by atoms with van der Waals surface area (Å²) in [5, 5.41) is 7.61. The van der Waals surface area contributed by atoms with Crippen LogP contribution in [0.4, 0.5) is 0 Å². The monoisotopic (exact) mass is 313 g/mol. The molecule has 0 radical (unpaired) electrons. The fourth-order valence-electron chi connectivity index (χ4n) is 3.92. The smallest absolute Gasteiger partial charge is 0.337 e. The van der Waals surface area contributed by atoms with E-state index in [1.807, 2.05) is 12.1 Å². The Balaban J connectivity index is 1.62. The average molecular weight is 313 g/mol. The van der Waals surface area contributed by atoms with Crippen LogP contribution >= 0.6 is 0 Å². The summed E-state index contributed by atoms with van der Waals surface area (Å²) >= 11 is 0. The van der Waals surface area contributed by atoms with E-state index >= 15 is 0 Å². The van der Waals surface area contributed by atoms with E-state index in [9.17, 15) is 4.79 Å². The van der Waals surface area contributed by atoms with Crippen molar-refractivity contribution in [1.29, 1.82) is 0 Å². The quantitative estimate of drug-likeness (QED) is 0.875. The lowest BCUT2D eigenvalue weighted by Crippen LogP contribution is -2.31. The Bertz CT molecular complexity index is 713. The molecular formula is C17H19N3O3. The molecule has 1 N–H and O–H groups in total. The Labute approximate surface area is 134 Å². The second-order valence-electron chi connectivity index (χ2n) is 6.37. The van der Waals surface area contributed by atoms with Crippen molar-refractivity contribution in [3.8, 4) is 11.4 Å². The van der Waals surface area contributed by atoms with Gasteiger partial charge in [-0.25, -0.2) is 4.79 Å². The molecule has 0 bridgehead atoms. The molecule has 6 heteroatoms. The molecule has 2 atom stereocenters. The minimum Gasteiger partial charge on any atom is -0.465 e. The van der Waals surface area contributed by atoms with Gasteiger partial charge in [-0.1, -0.05) is 23.7 Å². The summed E-state index contributed by atoms with van der Waals surface area (Å²) in [5.74, 6) is 1.56. The molecule has 1 saturated carbocycles. The number of hydrogen-bond acceptors (Lipinski definition) is 6. The Hall–Kier alpha value is -2.21. The van der Waals surface area contributed by atoms with Gasteiger partial charge in [0, 0.05) is 12.1 Å². The van der Waals surface area contributed by atoms with Crippen molar-refractivity contribution >= 4 is 5.97 Å². The molecule has 0 amide bonds. The molecule has 2 fully saturated rings. The molecular weight excluding hydrogens is 294 g/mol. The van der Waals surface area contributed by atoms with Gasteiger partial charge in [-0.3, -0.25) is 0 Å². The highest BCUT2D eigenvalue weighted by Crippen LogP contribution is 2.47. The van der Waals surface area contributed by atoms with Crippen LogP contribution in [0.15, 0.2) is 28.8 Å². The number of nitrogens with zero attached hydrogens (tertiary/aromatic N) is 2. The van der Waals surface area contributed by atoms with Gasteiger partial charge in [0.15, 0.2) is 0 Å². The summed E-state index contributed by atoms with van der Waals surface area (Å²) < 4.78 is 10.3. The van der Waals surface area contributed by atoms with Crippen molar-refractivity contribution in [3.05, 3.63) is 35.7 Å². The standard InChI is InChI=1S/C17H19N3O3/c1-22-15(21)12-6-4-11(5-7-12)14-19-16(23-20-14)17-8-2-3-13(17)9-18-10-17/h4-7,13,18H,2-3,8-10H2,1H3/t13-,17-/m1/s1. The lowest BCUT2D eigenvalue weighted by atomic mass is 9.80. The molecule has 0 unspecified atom stereocenters. The van der Waals surface area contributed by atoms with E-state index in [-0.39, 0.29) is 11.4 Å². The number of carbonyl (C=O) groups is 1. The van der Waals surface area contributed by atoms with Crippen molar-refractivity contribution < 1.29 is 14.1 Å². The Morgan fingerprint density at radius 2 is 2.22 bits per heavy atom. The zero-order chi connectivity index (χ0) is 15.9. The zero-order valence-electron chi connectivity index (χ0n) is 13.0. The first-order valence-corrected chi connectivity index (χ1v) is 7.96. The minimum absolute atomic E-state index is 0.0111. The maximum Gasteiger partial charge on any atom is 0.337 e. The van der Waals surface area contributed by atoms with Crippen molar-refractivity contribution in [3.63, 3.8) is 0 Å². The summed E-state index contributed by atoms with van der Waals surface area (Å²) in [6, 6.07) is 7.06. The van der Waals surface area contributed by atoms with E-state index in [0.29, 0.717) is 17.3 Å². The largest absolute Gasteiger partial charge is 0.465 e. The highest BCUT2D eigenvalue weighted by molar-refractivity contribution is 5.89. The first-order valence-electron chi connectivity index (χ1n) is 7.96. The van der Waals surface area contributed by atoms with Crippen LogP contribution in [0.5, 0.6) is 0 Å². The second kappa shape index (κ2) is 5.45. The van der Waals surface area contributed by atoms with Gasteiger partial charge in [0.1, 0.15) is 0 Å². The van der Waals surface area contributed by atoms with Crippen molar-refractivity contribution in [1.82, 2.24) is 15.5 Å². The second-order valence-corrected chi connectivity index (χ2v) is 6.37. The first-order chi connectivity index (χ1) is 11.2. The van der Waals surface area contributed by atoms with Crippen LogP contribution in [-0.2, 0) is 10.2 Å². The third-order valence-electron chi connectivity index (χ3n) is 5.20. The van der Waals surface area contributed by atoms with Gasteiger partial charge < -0.3 is 14.6 Å². The molecule has 1 aliphatic heterocycles. The maximum absolute atomic E-state index is 11.5. The topological polar surface area (TPSA) is 77.2 Å². The van der Waals surface area contributed by atoms with Gasteiger partial charge in [0.25, 0.3) is 0 Å². The third-order valence-corrected chi connectivity index (χ3v) is 5.20. The predicted molar refractivity (Wildman–Crippen MR) is 83.0 cm³/mol. The number of methoxy groups -OCH3 is 1. The fraction of sp³-hybridized carbons (Fsp3) is 0.471. The van der Waals surface area contributed by atoms with Gasteiger partial charge in [-0.05, 0) is 37.4 Å². The van der Waals surface area contributed by atoms with E-state index in [1.165, 1.54) is 20.0 Å². The summed E-state index contributed by atoms with van der Waals surface area (Å²) in [7, 11) is 1.37. The molecule has 23 heavy (non-hydrogen) atoms. The number of fused-ring (bicyclic) bond motifs is 1. The van der Waals surface area contributed by atoms with E-state index in [0.717, 1.165) is 31.0 Å². The maximum atomic E-state index is 11.5. The number of rotatable bonds is 3. The van der Waals surface area contributed by atoms with Crippen molar-refractivity contribution in [2.45, 2.75) is 24.7 Å². The normalized spacial score (nSPS) is 26.2. The molecule has 1 aliphatic carbocycles. The first kappa shape index (κ1) is 14.4. The van der Waals surface area contributed by atoms with Gasteiger partial charge in [-0.15, -0.1) is 0 Å². The molecule has 6 nitrogen and oxygen atoms in total. The van der Waals surface area contributed by atoms with E-state index in [1.54, 1.807) is 12.1 Å². The van der Waals surface area contributed by atoms with E-state index < -0.39 is 0 Å². The highest BCUT2D eigenvalue weighted by Gasteiger charge is 2.51. The summed E-state index contributed by atoms with van der Waals surface area (Å²) in [6.07, 6.45) is 3.55. The summed E-state index contributed by atoms with van der Waals surface area (Å²) in [6.45, 7) is 1.95. The fourth-order valence-corrected chi connectivity index (χ4v) is 3.92. The van der Waals surface area contributed by atoms with Crippen LogP contribution in [0, 0.1) is 5.92 Å². The Kier molecular flexibility index (Phi) is 3.41. The summed E-state index contributed by atoms with van der Waals surface area (Å²) in [5.41, 5.74) is 1.36. The highest BCUT2D eigenvalue weighted by atomic mass is 16.5. The molecule has 4 rings (SSSR count). The van der Waals surface area contributed by atoms with E-state index in [4.69, 9.17) is 9.26 Å². The zero-order valence-corrected chi connectivity index (χ0v) is 13.0. The number of hydrogen-bond donors (Lipinski definition) is 1. The van der Waals surface area contributed by atoms with E-state index in [2.05, 4.69) is 15.5 Å². The predicted octanol–water partition coefficient (Wildman–Crippen LogP) is 2.16. The van der Waals surface area contributed by atoms with Crippen LogP contribution in [0.25, 0.3) is 11.4 Å². The number of ether oxygens (including phenoxy) is 1. The average Bonchev–Trinajstić information content (AvgIpc) is 3.28. The Morgan fingerprint density at radius 3 is 3.00 bits per heavy atom. The number of aromatic nitrogens is 2. The minimum atomic E-state index is -0.352. The number of carbonyl (C=O) groups excluding carboxylic acids is 1. The van der Waals surface area contributed by atoms with Crippen LogP contribution in [0.1, 0.15) is 35.5 Å².